The number of ether oxygens (including phenoxy) is 1. The van der Waals surface area contributed by atoms with Gasteiger partial charge in [-0.3, -0.25) is 24.0 Å². The van der Waals surface area contributed by atoms with E-state index >= 15 is 0 Å². The van der Waals surface area contributed by atoms with Crippen molar-refractivity contribution in [1.29, 1.82) is 0 Å². The predicted octanol–water partition coefficient (Wildman–Crippen LogP) is 3.69. The van der Waals surface area contributed by atoms with Gasteiger partial charge in [0.2, 0.25) is 5.78 Å². The summed E-state index contributed by atoms with van der Waals surface area (Å²) in [5.74, 6) is -1.06. The normalized spacial score (nSPS) is 47.7. The Kier molecular flexibility index (Phi) is 9.85. The van der Waals surface area contributed by atoms with Crippen molar-refractivity contribution in [3.05, 3.63) is 47.6 Å². The summed E-state index contributed by atoms with van der Waals surface area (Å²) in [6, 6.07) is 0. The van der Waals surface area contributed by atoms with E-state index in [1.165, 1.54) is 6.92 Å². The molecule has 0 bridgehead atoms. The molecule has 5 unspecified atom stereocenters. The Bertz CT molecular complexity index is 1810. The number of hydrogen-bond acceptors (Lipinski definition) is 11. The number of Topliss-reactive ketones (excluding diaryl/α,β-unsaturated/α-hetero) is 2. The van der Waals surface area contributed by atoms with Crippen LogP contribution in [0.15, 0.2) is 47.6 Å². The number of carbonyl (C=O) groups excluding carboxylic acids is 5. The quantitative estimate of drug-likeness (QED) is 0.257. The van der Waals surface area contributed by atoms with E-state index in [2.05, 4.69) is 13.8 Å². The molecule has 8 aliphatic rings. The maximum absolute atomic E-state index is 12.9. The van der Waals surface area contributed by atoms with Crippen LogP contribution in [-0.4, -0.2) is 91.3 Å². The molecular weight excluding hydrogens is 704 g/mol. The Morgan fingerprint density at radius 2 is 1.13 bits per heavy atom. The lowest BCUT2D eigenvalue weighted by molar-refractivity contribution is -0.181. The lowest BCUT2D eigenvalue weighted by atomic mass is 9.46. The predicted molar refractivity (Wildman–Crippen MR) is 200 cm³/mol. The summed E-state index contributed by atoms with van der Waals surface area (Å²) >= 11 is 0. The van der Waals surface area contributed by atoms with Crippen LogP contribution in [0, 0.1) is 57.2 Å². The van der Waals surface area contributed by atoms with Gasteiger partial charge < -0.3 is 30.3 Å². The van der Waals surface area contributed by atoms with E-state index in [4.69, 9.17) is 4.74 Å². The zero-order valence-corrected chi connectivity index (χ0v) is 32.8. The summed E-state index contributed by atoms with van der Waals surface area (Å²) < 4.78 is 4.88. The highest BCUT2D eigenvalue weighted by Gasteiger charge is 2.69. The van der Waals surface area contributed by atoms with E-state index in [1.807, 2.05) is 26.0 Å². The molecule has 0 aromatic rings. The third-order valence-electron chi connectivity index (χ3n) is 16.8. The second-order valence-corrected chi connectivity index (χ2v) is 19.0. The van der Waals surface area contributed by atoms with Crippen LogP contribution in [0.2, 0.25) is 0 Å². The van der Waals surface area contributed by atoms with E-state index in [0.717, 1.165) is 43.3 Å². The van der Waals surface area contributed by atoms with Crippen molar-refractivity contribution >= 4 is 29.1 Å². The Morgan fingerprint density at radius 3 is 1.53 bits per heavy atom. The van der Waals surface area contributed by atoms with Gasteiger partial charge in [-0.25, -0.2) is 0 Å². The van der Waals surface area contributed by atoms with Gasteiger partial charge >= 0.3 is 5.97 Å². The second kappa shape index (κ2) is 13.5. The first kappa shape index (κ1) is 40.1. The summed E-state index contributed by atoms with van der Waals surface area (Å²) in [4.78, 5) is 60.0. The minimum absolute atomic E-state index is 0.00243. The molecule has 0 heterocycles. The number of aliphatic hydroxyl groups is 5. The van der Waals surface area contributed by atoms with E-state index in [0.29, 0.717) is 32.1 Å². The molecule has 11 heteroatoms. The molecule has 0 spiro atoms. The highest BCUT2D eigenvalue weighted by atomic mass is 16.5. The molecule has 0 radical (unpaired) electrons. The second-order valence-electron chi connectivity index (χ2n) is 19.0. The van der Waals surface area contributed by atoms with Gasteiger partial charge in [0.15, 0.2) is 24.0 Å². The summed E-state index contributed by atoms with van der Waals surface area (Å²) in [5, 5.41) is 54.4. The largest absolute Gasteiger partial charge is 0.458 e. The lowest BCUT2D eigenvalue weighted by Crippen LogP contribution is -2.61. The molecule has 6 fully saturated rings. The minimum Gasteiger partial charge on any atom is -0.458 e. The van der Waals surface area contributed by atoms with Crippen LogP contribution in [0.1, 0.15) is 98.8 Å². The van der Waals surface area contributed by atoms with Crippen molar-refractivity contribution in [3.8, 4) is 0 Å². The average Bonchev–Trinajstić information content (AvgIpc) is 3.56. The fourth-order valence-corrected chi connectivity index (χ4v) is 14.0. The van der Waals surface area contributed by atoms with Gasteiger partial charge in [-0.05, 0) is 112 Å². The SMILES string of the molecule is CC(=O)OCC(=O)[C@@]1(O)CCC2C3CCC4=CC(=O)C=C[C@]4(C)C3C(O)C[C@@]21C.C[C@]12C=CC(=O)C=C1CC[C@@H]1[C@@H]2C(O)C[C@@]2(C)[C@H]1CC[C@]2(O)C(=O)CO. The molecule has 6 saturated carbocycles. The van der Waals surface area contributed by atoms with E-state index in [-0.39, 0.29) is 57.9 Å². The van der Waals surface area contributed by atoms with Gasteiger partial charge in [0.25, 0.3) is 0 Å². The van der Waals surface area contributed by atoms with Crippen molar-refractivity contribution < 1.29 is 54.2 Å². The van der Waals surface area contributed by atoms with Gasteiger partial charge in [0.1, 0.15) is 17.8 Å². The lowest BCUT2D eigenvalue weighted by Gasteiger charge is -2.59. The number of allylic oxidation sites excluding steroid dienone is 8. The number of carbonyl (C=O) groups is 5. The number of ketones is 4. The van der Waals surface area contributed by atoms with Crippen LogP contribution < -0.4 is 0 Å². The highest BCUT2D eigenvalue weighted by Crippen LogP contribution is 2.68. The maximum atomic E-state index is 12.9. The molecule has 0 aliphatic heterocycles. The molecule has 0 aromatic carbocycles. The van der Waals surface area contributed by atoms with E-state index < -0.39 is 65.0 Å². The third-order valence-corrected chi connectivity index (χ3v) is 16.8. The van der Waals surface area contributed by atoms with Crippen LogP contribution in [-0.2, 0) is 28.7 Å². The van der Waals surface area contributed by atoms with Crippen LogP contribution >= 0.6 is 0 Å². The van der Waals surface area contributed by atoms with Crippen LogP contribution in [0.4, 0.5) is 0 Å². The number of fused-ring (bicyclic) bond motifs is 10. The highest BCUT2D eigenvalue weighted by molar-refractivity contribution is 6.01. The van der Waals surface area contributed by atoms with E-state index in [9.17, 15) is 49.5 Å². The first-order chi connectivity index (χ1) is 25.7. The summed E-state index contributed by atoms with van der Waals surface area (Å²) in [5.41, 5.74) is -3.21. The van der Waals surface area contributed by atoms with Crippen LogP contribution in [0.5, 0.6) is 0 Å². The molecule has 0 aromatic heterocycles. The van der Waals surface area contributed by atoms with Crippen LogP contribution in [0.25, 0.3) is 0 Å². The molecular formula is C44H58O11. The Hall–Kier alpha value is -3.09. The van der Waals surface area contributed by atoms with Crippen molar-refractivity contribution in [2.45, 2.75) is 122 Å². The van der Waals surface area contributed by atoms with Crippen molar-refractivity contribution in [2.75, 3.05) is 13.2 Å². The molecule has 300 valence electrons. The number of rotatable bonds is 5. The van der Waals surface area contributed by atoms with Gasteiger partial charge in [-0.2, -0.15) is 0 Å². The van der Waals surface area contributed by atoms with Crippen LogP contribution in [0.3, 0.4) is 0 Å². The Labute approximate surface area is 323 Å². The Morgan fingerprint density at radius 1 is 0.709 bits per heavy atom. The smallest absolute Gasteiger partial charge is 0.303 e. The van der Waals surface area contributed by atoms with Gasteiger partial charge in [-0.1, -0.05) is 51.0 Å². The van der Waals surface area contributed by atoms with Crippen molar-refractivity contribution in [3.63, 3.8) is 0 Å². The standard InChI is InChI=1S/C23H30O6.C21H28O5/c1-13(24)29-12-19(27)23(28)9-7-17-16-5-4-14-10-15(25)6-8-21(14,2)20(16)18(26)11-22(17,23)3;1-19-7-5-13(23)9-12(19)3-4-14-15-6-8-21(26,17(25)11-22)20(15,2)10-16(24)18(14)19/h6,8,10,16-18,20,26,28H,4-5,7,9,11-12H2,1-3H3;5,7,9,14-16,18,22,24,26H,3-4,6,8,10-11H2,1-2H3/t16?,17?,18?,20?,21-,22-,23-;14-,15-,16?,18+,19-,20-,21-/m00/s1. The maximum Gasteiger partial charge on any atom is 0.303 e. The molecule has 8 rings (SSSR count). The van der Waals surface area contributed by atoms with Crippen molar-refractivity contribution in [2.24, 2.45) is 57.2 Å². The summed E-state index contributed by atoms with van der Waals surface area (Å²) in [6.45, 7) is 8.14. The minimum atomic E-state index is -1.60. The average molecular weight is 763 g/mol. The zero-order chi connectivity index (χ0) is 40.1. The summed E-state index contributed by atoms with van der Waals surface area (Å²) in [7, 11) is 0. The number of hydrogen-bond donors (Lipinski definition) is 5. The molecule has 0 amide bonds. The Balaban J connectivity index is 0.000000170. The molecule has 55 heavy (non-hydrogen) atoms. The van der Waals surface area contributed by atoms with Gasteiger partial charge in [0.05, 0.1) is 12.2 Å². The summed E-state index contributed by atoms with van der Waals surface area (Å²) in [6.07, 6.45) is 15.2. The number of esters is 1. The first-order valence-corrected chi connectivity index (χ1v) is 20.2. The van der Waals surface area contributed by atoms with E-state index in [1.54, 1.807) is 24.3 Å². The zero-order valence-electron chi connectivity index (χ0n) is 32.8. The molecule has 5 N–H and O–H groups in total. The molecule has 8 aliphatic carbocycles. The fraction of sp³-hybridized carbons (Fsp3) is 0.705. The topological polar surface area (TPSA) is 196 Å². The molecule has 14 atom stereocenters. The van der Waals surface area contributed by atoms with Crippen molar-refractivity contribution in [1.82, 2.24) is 0 Å². The van der Waals surface area contributed by atoms with Gasteiger partial charge in [-0.15, -0.1) is 0 Å². The third kappa shape index (κ3) is 5.72. The monoisotopic (exact) mass is 762 g/mol. The molecule has 0 saturated heterocycles. The number of aliphatic hydroxyl groups excluding tert-OH is 3. The first-order valence-electron chi connectivity index (χ1n) is 20.2. The fourth-order valence-electron chi connectivity index (χ4n) is 14.0. The molecule has 11 nitrogen and oxygen atoms in total. The van der Waals surface area contributed by atoms with Gasteiger partial charge in [0, 0.05) is 40.4 Å².